The lowest BCUT2D eigenvalue weighted by molar-refractivity contribution is -0.154. The molecular weight excluding hydrogens is 160 g/mol. The number of carbonyl (C=O) groups excluding carboxylic acids is 1. The lowest BCUT2D eigenvalue weighted by Gasteiger charge is -2.14. The Kier molecular flexibility index (Phi) is 5.66. The van der Waals surface area contributed by atoms with E-state index < -0.39 is 11.9 Å². The standard InChI is InChI=1S/C8H16O4/c1-6(2)12-8(11)7(5-10)3-4-9/h6-7,9-10H,3-5H2,1-2H3. The van der Waals surface area contributed by atoms with Crippen molar-refractivity contribution in [1.82, 2.24) is 0 Å². The van der Waals surface area contributed by atoms with Gasteiger partial charge in [-0.15, -0.1) is 0 Å². The Labute approximate surface area is 72.2 Å². The highest BCUT2D eigenvalue weighted by atomic mass is 16.5. The zero-order valence-electron chi connectivity index (χ0n) is 7.49. The molecule has 0 saturated heterocycles. The first-order valence-corrected chi connectivity index (χ1v) is 4.04. The highest BCUT2D eigenvalue weighted by Crippen LogP contribution is 2.05. The lowest BCUT2D eigenvalue weighted by atomic mass is 10.1. The maximum atomic E-state index is 11.1. The predicted molar refractivity (Wildman–Crippen MR) is 43.5 cm³/mol. The lowest BCUT2D eigenvalue weighted by Crippen LogP contribution is -2.24. The predicted octanol–water partition coefficient (Wildman–Crippen LogP) is -0.0711. The van der Waals surface area contributed by atoms with E-state index in [-0.39, 0.29) is 25.7 Å². The van der Waals surface area contributed by atoms with Crippen molar-refractivity contribution in [1.29, 1.82) is 0 Å². The first-order chi connectivity index (χ1) is 5.61. The Morgan fingerprint density at radius 3 is 2.33 bits per heavy atom. The van der Waals surface area contributed by atoms with E-state index in [1.807, 2.05) is 0 Å². The van der Waals surface area contributed by atoms with Crippen molar-refractivity contribution in [3.8, 4) is 0 Å². The Morgan fingerprint density at radius 1 is 1.42 bits per heavy atom. The Hall–Kier alpha value is -0.610. The second-order valence-corrected chi connectivity index (χ2v) is 2.88. The molecule has 0 spiro atoms. The van der Waals surface area contributed by atoms with Crippen molar-refractivity contribution in [3.05, 3.63) is 0 Å². The quantitative estimate of drug-likeness (QED) is 0.575. The molecule has 72 valence electrons. The smallest absolute Gasteiger partial charge is 0.311 e. The average molecular weight is 176 g/mol. The van der Waals surface area contributed by atoms with Crippen LogP contribution in [0.5, 0.6) is 0 Å². The van der Waals surface area contributed by atoms with Crippen LogP contribution in [0.3, 0.4) is 0 Å². The van der Waals surface area contributed by atoms with Crippen LogP contribution in [-0.2, 0) is 9.53 Å². The molecule has 0 aliphatic carbocycles. The van der Waals surface area contributed by atoms with Crippen LogP contribution in [0.15, 0.2) is 0 Å². The molecule has 0 bridgehead atoms. The van der Waals surface area contributed by atoms with Crippen LogP contribution in [0.2, 0.25) is 0 Å². The van der Waals surface area contributed by atoms with Gasteiger partial charge in [0.25, 0.3) is 0 Å². The number of carbonyl (C=O) groups is 1. The zero-order valence-corrected chi connectivity index (χ0v) is 7.49. The van der Waals surface area contributed by atoms with Crippen molar-refractivity contribution in [2.24, 2.45) is 5.92 Å². The molecule has 4 heteroatoms. The van der Waals surface area contributed by atoms with Crippen molar-refractivity contribution in [3.63, 3.8) is 0 Å². The largest absolute Gasteiger partial charge is 0.463 e. The Balaban J connectivity index is 3.85. The van der Waals surface area contributed by atoms with Gasteiger partial charge in [-0.3, -0.25) is 4.79 Å². The van der Waals surface area contributed by atoms with Gasteiger partial charge in [0.15, 0.2) is 0 Å². The number of ether oxygens (including phenoxy) is 1. The van der Waals surface area contributed by atoms with Crippen LogP contribution in [-0.4, -0.2) is 35.5 Å². The molecule has 0 rings (SSSR count). The molecule has 12 heavy (non-hydrogen) atoms. The third kappa shape index (κ3) is 4.31. The van der Waals surface area contributed by atoms with E-state index in [0.717, 1.165) is 0 Å². The fourth-order valence-electron chi connectivity index (χ4n) is 0.768. The summed E-state index contributed by atoms with van der Waals surface area (Å²) in [5.41, 5.74) is 0. The Bertz CT molecular complexity index is 133. The van der Waals surface area contributed by atoms with Crippen LogP contribution >= 0.6 is 0 Å². The van der Waals surface area contributed by atoms with Gasteiger partial charge in [0, 0.05) is 6.61 Å². The molecule has 1 atom stereocenters. The van der Waals surface area contributed by atoms with Crippen molar-refractivity contribution in [2.45, 2.75) is 26.4 Å². The highest BCUT2D eigenvalue weighted by molar-refractivity contribution is 5.72. The molecule has 0 fully saturated rings. The molecule has 4 nitrogen and oxygen atoms in total. The Morgan fingerprint density at radius 2 is 2.00 bits per heavy atom. The SMILES string of the molecule is CC(C)OC(=O)C(CO)CCO. The molecule has 0 aromatic rings. The summed E-state index contributed by atoms with van der Waals surface area (Å²) in [5, 5.41) is 17.3. The first-order valence-electron chi connectivity index (χ1n) is 4.04. The molecule has 0 aromatic heterocycles. The summed E-state index contributed by atoms with van der Waals surface area (Å²) < 4.78 is 4.85. The van der Waals surface area contributed by atoms with E-state index in [4.69, 9.17) is 14.9 Å². The van der Waals surface area contributed by atoms with Crippen molar-refractivity contribution >= 4 is 5.97 Å². The maximum Gasteiger partial charge on any atom is 0.311 e. The zero-order chi connectivity index (χ0) is 9.56. The van der Waals surface area contributed by atoms with E-state index in [0.29, 0.717) is 0 Å². The fourth-order valence-corrected chi connectivity index (χ4v) is 0.768. The molecular formula is C8H16O4. The monoisotopic (exact) mass is 176 g/mol. The summed E-state index contributed by atoms with van der Waals surface area (Å²) in [4.78, 5) is 11.1. The van der Waals surface area contributed by atoms with Crippen LogP contribution in [0.4, 0.5) is 0 Å². The third-order valence-electron chi connectivity index (χ3n) is 1.38. The summed E-state index contributed by atoms with van der Waals surface area (Å²) in [6.45, 7) is 3.10. The van der Waals surface area contributed by atoms with Gasteiger partial charge in [-0.1, -0.05) is 0 Å². The van der Waals surface area contributed by atoms with E-state index in [1.165, 1.54) is 0 Å². The van der Waals surface area contributed by atoms with E-state index >= 15 is 0 Å². The van der Waals surface area contributed by atoms with Gasteiger partial charge in [0.2, 0.25) is 0 Å². The van der Waals surface area contributed by atoms with Crippen LogP contribution in [0.1, 0.15) is 20.3 Å². The number of aliphatic hydroxyl groups excluding tert-OH is 2. The summed E-state index contributed by atoms with van der Waals surface area (Å²) in [5.74, 6) is -1.03. The van der Waals surface area contributed by atoms with Crippen LogP contribution < -0.4 is 0 Å². The van der Waals surface area contributed by atoms with E-state index in [1.54, 1.807) is 13.8 Å². The van der Waals surface area contributed by atoms with Gasteiger partial charge in [-0.05, 0) is 20.3 Å². The van der Waals surface area contributed by atoms with E-state index in [2.05, 4.69) is 0 Å². The molecule has 0 aliphatic heterocycles. The third-order valence-corrected chi connectivity index (χ3v) is 1.38. The molecule has 0 aliphatic rings. The highest BCUT2D eigenvalue weighted by Gasteiger charge is 2.19. The summed E-state index contributed by atoms with van der Waals surface area (Å²) in [6, 6.07) is 0. The normalized spacial score (nSPS) is 13.1. The molecule has 0 radical (unpaired) electrons. The van der Waals surface area contributed by atoms with Gasteiger partial charge in [-0.25, -0.2) is 0 Å². The van der Waals surface area contributed by atoms with Gasteiger partial charge in [0.1, 0.15) is 0 Å². The number of esters is 1. The van der Waals surface area contributed by atoms with Gasteiger partial charge >= 0.3 is 5.97 Å². The van der Waals surface area contributed by atoms with Gasteiger partial charge in [0.05, 0.1) is 18.6 Å². The molecule has 0 aromatic carbocycles. The first kappa shape index (κ1) is 11.4. The number of aliphatic hydroxyl groups is 2. The number of rotatable bonds is 5. The van der Waals surface area contributed by atoms with Crippen molar-refractivity contribution in [2.75, 3.05) is 13.2 Å². The van der Waals surface area contributed by atoms with Crippen LogP contribution in [0, 0.1) is 5.92 Å². The van der Waals surface area contributed by atoms with Crippen LogP contribution in [0.25, 0.3) is 0 Å². The number of hydrogen-bond donors (Lipinski definition) is 2. The molecule has 0 amide bonds. The maximum absolute atomic E-state index is 11.1. The number of hydrogen-bond acceptors (Lipinski definition) is 4. The van der Waals surface area contributed by atoms with Gasteiger partial charge in [-0.2, -0.15) is 0 Å². The molecule has 0 saturated carbocycles. The fraction of sp³-hybridized carbons (Fsp3) is 0.875. The molecule has 2 N–H and O–H groups in total. The minimum Gasteiger partial charge on any atom is -0.463 e. The van der Waals surface area contributed by atoms with E-state index in [9.17, 15) is 4.79 Å². The van der Waals surface area contributed by atoms with Gasteiger partial charge < -0.3 is 14.9 Å². The second kappa shape index (κ2) is 5.97. The average Bonchev–Trinajstić information content (AvgIpc) is 1.98. The second-order valence-electron chi connectivity index (χ2n) is 2.88. The minimum atomic E-state index is -0.586. The minimum absolute atomic E-state index is 0.113. The summed E-state index contributed by atoms with van der Waals surface area (Å²) in [7, 11) is 0. The summed E-state index contributed by atoms with van der Waals surface area (Å²) in [6.07, 6.45) is 0.0763. The summed E-state index contributed by atoms with van der Waals surface area (Å²) >= 11 is 0. The molecule has 1 unspecified atom stereocenters. The molecule has 0 heterocycles. The topological polar surface area (TPSA) is 66.8 Å². The van der Waals surface area contributed by atoms with Crippen molar-refractivity contribution < 1.29 is 19.7 Å².